The van der Waals surface area contributed by atoms with Crippen molar-refractivity contribution in [3.05, 3.63) is 24.1 Å². The number of nitrogens with one attached hydrogen (secondary N) is 1. The lowest BCUT2D eigenvalue weighted by Crippen LogP contribution is -2.10. The van der Waals surface area contributed by atoms with E-state index in [4.69, 9.17) is 0 Å². The van der Waals surface area contributed by atoms with Gasteiger partial charge in [0, 0.05) is 0 Å². The summed E-state index contributed by atoms with van der Waals surface area (Å²) >= 11 is 0. The fraction of sp³-hybridized carbons (Fsp3) is 0.222. The van der Waals surface area contributed by atoms with E-state index in [1.54, 1.807) is 0 Å². The van der Waals surface area contributed by atoms with E-state index in [2.05, 4.69) is 14.1 Å². The average Bonchev–Trinajstić information content (AvgIpc) is 2.59. The van der Waals surface area contributed by atoms with Gasteiger partial charge >= 0.3 is 12.1 Å². The maximum Gasteiger partial charge on any atom is 0.468 e. The molecule has 0 atom stereocenters. The maximum absolute atomic E-state index is 12.4. The molecular formula is C9H7F3N2O3S. The van der Waals surface area contributed by atoms with E-state index in [9.17, 15) is 21.6 Å². The van der Waals surface area contributed by atoms with Crippen molar-refractivity contribution < 1.29 is 26.0 Å². The fourth-order valence-electron chi connectivity index (χ4n) is 1.35. The van der Waals surface area contributed by atoms with Crippen molar-refractivity contribution in [1.82, 2.24) is 4.98 Å². The predicted octanol–water partition coefficient (Wildman–Crippen LogP) is 2.22. The van der Waals surface area contributed by atoms with E-state index >= 15 is 0 Å². The Kier molecular flexibility index (Phi) is 2.73. The molecule has 2 aromatic rings. The van der Waals surface area contributed by atoms with Crippen molar-refractivity contribution in [2.24, 2.45) is 0 Å². The van der Waals surface area contributed by atoms with Gasteiger partial charge in [0.05, 0.1) is 11.9 Å². The highest BCUT2D eigenvalue weighted by Gasteiger charge is 2.37. The number of aromatic nitrogens is 1. The SMILES string of the molecule is CS(=O)(=O)Nc1cccc2oc(C(F)(F)F)nc12. The number of hydrogen-bond donors (Lipinski definition) is 1. The zero-order chi connectivity index (χ0) is 13.6. The molecule has 1 aromatic heterocycles. The Morgan fingerprint density at radius 1 is 1.33 bits per heavy atom. The van der Waals surface area contributed by atoms with Crippen molar-refractivity contribution >= 4 is 26.8 Å². The summed E-state index contributed by atoms with van der Waals surface area (Å²) in [5.41, 5.74) is -0.388. The molecule has 0 fully saturated rings. The minimum atomic E-state index is -4.72. The molecule has 18 heavy (non-hydrogen) atoms. The van der Waals surface area contributed by atoms with Gasteiger partial charge in [-0.2, -0.15) is 13.2 Å². The molecule has 9 heteroatoms. The molecule has 1 N–H and O–H groups in total. The van der Waals surface area contributed by atoms with E-state index in [1.807, 2.05) is 0 Å². The summed E-state index contributed by atoms with van der Waals surface area (Å²) < 4.78 is 65.9. The molecule has 1 heterocycles. The van der Waals surface area contributed by atoms with Crippen LogP contribution in [0.1, 0.15) is 5.89 Å². The van der Waals surface area contributed by atoms with Gasteiger partial charge in [0.1, 0.15) is 5.52 Å². The molecule has 1 aromatic carbocycles. The molecule has 0 aliphatic carbocycles. The molecule has 0 radical (unpaired) electrons. The highest BCUT2D eigenvalue weighted by Crippen LogP contribution is 2.33. The number of halogens is 3. The quantitative estimate of drug-likeness (QED) is 0.915. The van der Waals surface area contributed by atoms with Crippen molar-refractivity contribution in [3.63, 3.8) is 0 Å². The van der Waals surface area contributed by atoms with Crippen LogP contribution in [-0.4, -0.2) is 19.7 Å². The lowest BCUT2D eigenvalue weighted by atomic mass is 10.3. The van der Waals surface area contributed by atoms with Crippen LogP contribution in [0.5, 0.6) is 0 Å². The van der Waals surface area contributed by atoms with E-state index in [0.717, 1.165) is 6.26 Å². The monoisotopic (exact) mass is 280 g/mol. The Hall–Kier alpha value is -1.77. The molecule has 0 saturated carbocycles. The highest BCUT2D eigenvalue weighted by molar-refractivity contribution is 7.92. The third kappa shape index (κ3) is 2.55. The van der Waals surface area contributed by atoms with E-state index in [1.165, 1.54) is 18.2 Å². The molecule has 0 unspecified atom stereocenters. The second-order valence-electron chi connectivity index (χ2n) is 3.54. The summed E-state index contributed by atoms with van der Waals surface area (Å²) in [7, 11) is -3.61. The molecule has 0 saturated heterocycles. The zero-order valence-corrected chi connectivity index (χ0v) is 9.76. The number of para-hydroxylation sites is 1. The zero-order valence-electron chi connectivity index (χ0n) is 8.95. The molecule has 5 nitrogen and oxygen atoms in total. The number of anilines is 1. The van der Waals surface area contributed by atoms with Gasteiger partial charge in [-0.3, -0.25) is 4.72 Å². The summed E-state index contributed by atoms with van der Waals surface area (Å²) in [5.74, 6) is -1.42. The molecular weight excluding hydrogens is 273 g/mol. The Morgan fingerprint density at radius 2 is 2.00 bits per heavy atom. The minimum Gasteiger partial charge on any atom is -0.433 e. The van der Waals surface area contributed by atoms with Gasteiger partial charge in [0.2, 0.25) is 10.0 Å². The molecule has 0 spiro atoms. The van der Waals surface area contributed by atoms with E-state index in [-0.39, 0.29) is 16.8 Å². The summed E-state index contributed by atoms with van der Waals surface area (Å²) in [5, 5.41) is 0. The van der Waals surface area contributed by atoms with Gasteiger partial charge in [0.15, 0.2) is 5.58 Å². The van der Waals surface area contributed by atoms with Crippen molar-refractivity contribution in [3.8, 4) is 0 Å². The van der Waals surface area contributed by atoms with Crippen molar-refractivity contribution in [2.45, 2.75) is 6.18 Å². The van der Waals surface area contributed by atoms with Gasteiger partial charge < -0.3 is 4.42 Å². The second kappa shape index (κ2) is 3.87. The Balaban J connectivity index is 2.60. The fourth-order valence-corrected chi connectivity index (χ4v) is 1.92. The first-order valence-corrected chi connectivity index (χ1v) is 6.50. The Labute approximate surface area is 99.7 Å². The minimum absolute atomic E-state index is 0.0609. The summed E-state index contributed by atoms with van der Waals surface area (Å²) in [6.07, 6.45) is -3.84. The maximum atomic E-state index is 12.4. The number of alkyl halides is 3. The average molecular weight is 280 g/mol. The standard InChI is InChI=1S/C9H7F3N2O3S/c1-18(15,16)14-5-3-2-4-6-7(5)13-8(17-6)9(10,11)12/h2-4,14H,1H3. The van der Waals surface area contributed by atoms with Crippen LogP contribution in [-0.2, 0) is 16.2 Å². The van der Waals surface area contributed by atoms with Crippen molar-refractivity contribution in [2.75, 3.05) is 11.0 Å². The smallest absolute Gasteiger partial charge is 0.433 e. The van der Waals surface area contributed by atoms with Crippen LogP contribution in [0.25, 0.3) is 11.1 Å². The predicted molar refractivity (Wildman–Crippen MR) is 57.5 cm³/mol. The van der Waals surface area contributed by atoms with Gasteiger partial charge in [-0.05, 0) is 12.1 Å². The highest BCUT2D eigenvalue weighted by atomic mass is 32.2. The molecule has 0 bridgehead atoms. The summed E-state index contributed by atoms with van der Waals surface area (Å²) in [6, 6.07) is 3.93. The van der Waals surface area contributed by atoms with Crippen LogP contribution in [0.2, 0.25) is 0 Å². The number of nitrogens with zero attached hydrogens (tertiary/aromatic N) is 1. The number of rotatable bonds is 2. The molecule has 2 rings (SSSR count). The molecule has 98 valence electrons. The first kappa shape index (κ1) is 12.7. The normalized spacial score (nSPS) is 12.9. The topological polar surface area (TPSA) is 72.2 Å². The third-order valence-electron chi connectivity index (χ3n) is 1.96. The Bertz CT molecular complexity index is 691. The molecule has 0 aliphatic rings. The number of benzene rings is 1. The lowest BCUT2D eigenvalue weighted by Gasteiger charge is -2.02. The van der Waals surface area contributed by atoms with E-state index in [0.29, 0.717) is 0 Å². The first-order valence-electron chi connectivity index (χ1n) is 4.61. The number of oxazole rings is 1. The number of sulfonamides is 1. The van der Waals surface area contributed by atoms with Crippen LogP contribution in [0, 0.1) is 0 Å². The first-order chi connectivity index (χ1) is 8.17. The largest absolute Gasteiger partial charge is 0.468 e. The lowest BCUT2D eigenvalue weighted by molar-refractivity contribution is -0.156. The van der Waals surface area contributed by atoms with Crippen LogP contribution >= 0.6 is 0 Å². The second-order valence-corrected chi connectivity index (χ2v) is 5.29. The molecule has 0 amide bonds. The van der Waals surface area contributed by atoms with Crippen LogP contribution in [0.15, 0.2) is 22.6 Å². The summed E-state index contributed by atoms with van der Waals surface area (Å²) in [4.78, 5) is 3.25. The van der Waals surface area contributed by atoms with Crippen LogP contribution < -0.4 is 4.72 Å². The van der Waals surface area contributed by atoms with Gasteiger partial charge in [0.25, 0.3) is 0 Å². The van der Waals surface area contributed by atoms with E-state index < -0.39 is 22.1 Å². The molecule has 0 aliphatic heterocycles. The van der Waals surface area contributed by atoms with Crippen LogP contribution in [0.4, 0.5) is 18.9 Å². The van der Waals surface area contributed by atoms with Gasteiger partial charge in [-0.15, -0.1) is 0 Å². The third-order valence-corrected chi connectivity index (χ3v) is 2.55. The van der Waals surface area contributed by atoms with Gasteiger partial charge in [-0.1, -0.05) is 6.07 Å². The van der Waals surface area contributed by atoms with Gasteiger partial charge in [-0.25, -0.2) is 13.4 Å². The van der Waals surface area contributed by atoms with Crippen molar-refractivity contribution in [1.29, 1.82) is 0 Å². The summed E-state index contributed by atoms with van der Waals surface area (Å²) in [6.45, 7) is 0. The number of fused-ring (bicyclic) bond motifs is 1. The van der Waals surface area contributed by atoms with Crippen LogP contribution in [0.3, 0.4) is 0 Å². The number of hydrogen-bond acceptors (Lipinski definition) is 4. The Morgan fingerprint density at radius 3 is 2.56 bits per heavy atom.